The maximum absolute atomic E-state index is 11.3. The Morgan fingerprint density at radius 1 is 1.53 bits per heavy atom. The molecule has 2 N–H and O–H groups in total. The molecule has 0 saturated carbocycles. The molecule has 0 heterocycles. The Morgan fingerprint density at radius 3 is 2.80 bits per heavy atom. The lowest BCUT2D eigenvalue weighted by molar-refractivity contribution is -0.128. The summed E-state index contributed by atoms with van der Waals surface area (Å²) < 4.78 is 1.02. The van der Waals surface area contributed by atoms with Gasteiger partial charge in [-0.1, -0.05) is 22.0 Å². The number of rotatable bonds is 3. The van der Waals surface area contributed by atoms with Gasteiger partial charge < -0.3 is 10.6 Å². The monoisotopic (exact) mass is 270 g/mol. The van der Waals surface area contributed by atoms with Gasteiger partial charge in [-0.15, -0.1) is 0 Å². The van der Waals surface area contributed by atoms with Crippen LogP contribution in [0, 0.1) is 6.92 Å². The molecule has 0 radical (unpaired) electrons. The standard InChI is InChI=1S/C11H15BrN2O/c1-8-3-4-10(12)5-9(8)7-14(2)11(15)6-13/h3-5H,6-7,13H2,1-2H3. The highest BCUT2D eigenvalue weighted by atomic mass is 79.9. The smallest absolute Gasteiger partial charge is 0.236 e. The van der Waals surface area contributed by atoms with Crippen LogP contribution in [0.5, 0.6) is 0 Å². The first-order valence-electron chi connectivity index (χ1n) is 4.73. The number of amides is 1. The average molecular weight is 271 g/mol. The van der Waals surface area contributed by atoms with Gasteiger partial charge in [0.25, 0.3) is 0 Å². The number of nitrogens with zero attached hydrogens (tertiary/aromatic N) is 1. The molecule has 4 heteroatoms. The predicted molar refractivity (Wildman–Crippen MR) is 64.4 cm³/mol. The largest absolute Gasteiger partial charge is 0.340 e. The molecular weight excluding hydrogens is 256 g/mol. The summed E-state index contributed by atoms with van der Waals surface area (Å²) in [5.74, 6) is -0.0469. The van der Waals surface area contributed by atoms with Crippen LogP contribution in [0.25, 0.3) is 0 Å². The summed E-state index contributed by atoms with van der Waals surface area (Å²) in [4.78, 5) is 12.9. The second-order valence-corrected chi connectivity index (χ2v) is 4.44. The fourth-order valence-corrected chi connectivity index (χ4v) is 1.72. The number of aryl methyl sites for hydroxylation is 1. The summed E-state index contributed by atoms with van der Waals surface area (Å²) in [6.45, 7) is 2.69. The van der Waals surface area contributed by atoms with E-state index in [-0.39, 0.29) is 12.5 Å². The van der Waals surface area contributed by atoms with Crippen molar-refractivity contribution >= 4 is 21.8 Å². The number of nitrogens with two attached hydrogens (primary N) is 1. The Bertz CT molecular complexity index is 366. The van der Waals surface area contributed by atoms with E-state index in [0.29, 0.717) is 6.54 Å². The van der Waals surface area contributed by atoms with Crippen molar-refractivity contribution in [3.05, 3.63) is 33.8 Å². The lowest BCUT2D eigenvalue weighted by Crippen LogP contribution is -2.32. The lowest BCUT2D eigenvalue weighted by atomic mass is 10.1. The Balaban J connectivity index is 2.80. The average Bonchev–Trinajstić information content (AvgIpc) is 2.22. The number of carbonyl (C=O) groups excluding carboxylic acids is 1. The second-order valence-electron chi connectivity index (χ2n) is 3.52. The van der Waals surface area contributed by atoms with Crippen LogP contribution in [0.1, 0.15) is 11.1 Å². The third-order valence-electron chi connectivity index (χ3n) is 2.32. The van der Waals surface area contributed by atoms with E-state index in [1.54, 1.807) is 11.9 Å². The summed E-state index contributed by atoms with van der Waals surface area (Å²) in [5, 5.41) is 0. The molecule has 0 atom stereocenters. The number of hydrogen-bond acceptors (Lipinski definition) is 2. The van der Waals surface area contributed by atoms with Crippen molar-refractivity contribution in [1.82, 2.24) is 4.90 Å². The van der Waals surface area contributed by atoms with Gasteiger partial charge in [-0.25, -0.2) is 0 Å². The first kappa shape index (κ1) is 12.2. The van der Waals surface area contributed by atoms with Crippen LogP contribution in [-0.4, -0.2) is 24.4 Å². The summed E-state index contributed by atoms with van der Waals surface area (Å²) in [6, 6.07) is 6.04. The Hall–Kier alpha value is -0.870. The summed E-state index contributed by atoms with van der Waals surface area (Å²) >= 11 is 3.41. The molecule has 0 aromatic heterocycles. The van der Waals surface area contributed by atoms with E-state index in [0.717, 1.165) is 10.0 Å². The molecule has 1 rings (SSSR count). The zero-order valence-electron chi connectivity index (χ0n) is 8.96. The molecular formula is C11H15BrN2O. The van der Waals surface area contributed by atoms with Gasteiger partial charge >= 0.3 is 0 Å². The van der Waals surface area contributed by atoms with Crippen molar-refractivity contribution in [3.63, 3.8) is 0 Å². The van der Waals surface area contributed by atoms with Crippen LogP contribution in [0.4, 0.5) is 0 Å². The lowest BCUT2D eigenvalue weighted by Gasteiger charge is -2.17. The van der Waals surface area contributed by atoms with Gasteiger partial charge in [-0.3, -0.25) is 4.79 Å². The molecule has 0 aliphatic rings. The summed E-state index contributed by atoms with van der Waals surface area (Å²) in [6.07, 6.45) is 0. The van der Waals surface area contributed by atoms with Crippen molar-refractivity contribution in [1.29, 1.82) is 0 Å². The van der Waals surface area contributed by atoms with Gasteiger partial charge in [-0.05, 0) is 30.2 Å². The van der Waals surface area contributed by atoms with Crippen LogP contribution in [0.15, 0.2) is 22.7 Å². The SMILES string of the molecule is Cc1ccc(Br)cc1CN(C)C(=O)CN. The van der Waals surface area contributed by atoms with E-state index in [1.165, 1.54) is 5.56 Å². The minimum atomic E-state index is -0.0469. The second kappa shape index (κ2) is 5.28. The highest BCUT2D eigenvalue weighted by Gasteiger charge is 2.08. The first-order chi connectivity index (χ1) is 7.04. The Kier molecular flexibility index (Phi) is 4.29. The first-order valence-corrected chi connectivity index (χ1v) is 5.53. The molecule has 0 spiro atoms. The molecule has 3 nitrogen and oxygen atoms in total. The molecule has 0 saturated heterocycles. The van der Waals surface area contributed by atoms with E-state index in [2.05, 4.69) is 15.9 Å². The van der Waals surface area contributed by atoms with Crippen molar-refractivity contribution in [2.45, 2.75) is 13.5 Å². The van der Waals surface area contributed by atoms with E-state index in [4.69, 9.17) is 5.73 Å². The molecule has 1 aromatic rings. The molecule has 0 bridgehead atoms. The third kappa shape index (κ3) is 3.32. The van der Waals surface area contributed by atoms with Crippen LogP contribution in [0.2, 0.25) is 0 Å². The number of benzene rings is 1. The third-order valence-corrected chi connectivity index (χ3v) is 2.81. The van der Waals surface area contributed by atoms with Gasteiger partial charge in [0.2, 0.25) is 5.91 Å². The van der Waals surface area contributed by atoms with Crippen LogP contribution in [-0.2, 0) is 11.3 Å². The normalized spacial score (nSPS) is 10.1. The fourth-order valence-electron chi connectivity index (χ4n) is 1.31. The minimum absolute atomic E-state index is 0.0469. The maximum Gasteiger partial charge on any atom is 0.236 e. The van der Waals surface area contributed by atoms with Crippen molar-refractivity contribution in [2.24, 2.45) is 5.73 Å². The molecule has 1 aromatic carbocycles. The molecule has 0 aliphatic carbocycles. The van der Waals surface area contributed by atoms with Gasteiger partial charge in [-0.2, -0.15) is 0 Å². The fraction of sp³-hybridized carbons (Fsp3) is 0.364. The van der Waals surface area contributed by atoms with Gasteiger partial charge in [0.1, 0.15) is 0 Å². The molecule has 0 fully saturated rings. The number of carbonyl (C=O) groups is 1. The molecule has 82 valence electrons. The van der Waals surface area contributed by atoms with Gasteiger partial charge in [0.15, 0.2) is 0 Å². The summed E-state index contributed by atoms with van der Waals surface area (Å²) in [5.41, 5.74) is 7.60. The van der Waals surface area contributed by atoms with Gasteiger partial charge in [0.05, 0.1) is 6.54 Å². The minimum Gasteiger partial charge on any atom is -0.340 e. The topological polar surface area (TPSA) is 46.3 Å². The zero-order chi connectivity index (χ0) is 11.4. The zero-order valence-corrected chi connectivity index (χ0v) is 10.5. The molecule has 15 heavy (non-hydrogen) atoms. The van der Waals surface area contributed by atoms with E-state index >= 15 is 0 Å². The van der Waals surface area contributed by atoms with Crippen LogP contribution >= 0.6 is 15.9 Å². The van der Waals surface area contributed by atoms with E-state index in [1.807, 2.05) is 25.1 Å². The maximum atomic E-state index is 11.3. The van der Waals surface area contributed by atoms with Crippen LogP contribution < -0.4 is 5.73 Å². The Morgan fingerprint density at radius 2 is 2.20 bits per heavy atom. The molecule has 0 unspecified atom stereocenters. The van der Waals surface area contributed by atoms with Crippen molar-refractivity contribution in [3.8, 4) is 0 Å². The van der Waals surface area contributed by atoms with Crippen LogP contribution in [0.3, 0.4) is 0 Å². The number of halogens is 1. The van der Waals surface area contributed by atoms with Crippen molar-refractivity contribution in [2.75, 3.05) is 13.6 Å². The quantitative estimate of drug-likeness (QED) is 0.909. The van der Waals surface area contributed by atoms with E-state index < -0.39 is 0 Å². The molecule has 0 aliphatic heterocycles. The highest BCUT2D eigenvalue weighted by Crippen LogP contribution is 2.17. The van der Waals surface area contributed by atoms with Crippen molar-refractivity contribution < 1.29 is 4.79 Å². The van der Waals surface area contributed by atoms with E-state index in [9.17, 15) is 4.79 Å². The highest BCUT2D eigenvalue weighted by molar-refractivity contribution is 9.10. The molecule has 1 amide bonds. The Labute approximate surface area is 98.4 Å². The summed E-state index contributed by atoms with van der Waals surface area (Å²) in [7, 11) is 1.76. The number of hydrogen-bond donors (Lipinski definition) is 1. The van der Waals surface area contributed by atoms with Gasteiger partial charge in [0, 0.05) is 18.1 Å². The predicted octanol–water partition coefficient (Wildman–Crippen LogP) is 1.67. The number of likely N-dealkylation sites (N-methyl/N-ethyl adjacent to an activating group) is 1.